The second-order valence-corrected chi connectivity index (χ2v) is 4.55. The number of Topliss-reactive ketones (excluding diaryl/α,β-unsaturated/α-hetero) is 1. The van der Waals surface area contributed by atoms with Crippen LogP contribution in [-0.2, 0) is 11.2 Å². The summed E-state index contributed by atoms with van der Waals surface area (Å²) in [6.45, 7) is 6.25. The molecule has 88 valence electrons. The van der Waals surface area contributed by atoms with Crippen LogP contribution in [0.5, 0.6) is 0 Å². The first-order valence-electron chi connectivity index (χ1n) is 5.91. The topological polar surface area (TPSA) is 43.1 Å². The van der Waals surface area contributed by atoms with Crippen LogP contribution in [-0.4, -0.2) is 11.8 Å². The Labute approximate surface area is 97.9 Å². The van der Waals surface area contributed by atoms with Crippen molar-refractivity contribution < 1.29 is 4.79 Å². The molecule has 1 unspecified atom stereocenters. The molecule has 0 heterocycles. The fraction of sp³-hybridized carbons (Fsp3) is 0.500. The fourth-order valence-corrected chi connectivity index (χ4v) is 1.58. The molecule has 0 amide bonds. The largest absolute Gasteiger partial charge is 0.322 e. The average Bonchev–Trinajstić information content (AvgIpc) is 2.28. The van der Waals surface area contributed by atoms with Crippen LogP contribution < -0.4 is 5.73 Å². The van der Waals surface area contributed by atoms with Crippen LogP contribution in [0.25, 0.3) is 0 Å². The zero-order valence-corrected chi connectivity index (χ0v) is 10.4. The molecule has 16 heavy (non-hydrogen) atoms. The predicted molar refractivity (Wildman–Crippen MR) is 67.5 cm³/mol. The van der Waals surface area contributed by atoms with Gasteiger partial charge in [-0.2, -0.15) is 0 Å². The van der Waals surface area contributed by atoms with Gasteiger partial charge in [0.1, 0.15) is 0 Å². The maximum Gasteiger partial charge on any atom is 0.153 e. The number of benzene rings is 1. The number of carbonyl (C=O) groups excluding carboxylic acids is 1. The Balaban J connectivity index is 2.65. The van der Waals surface area contributed by atoms with E-state index in [0.29, 0.717) is 18.8 Å². The molecule has 1 aromatic rings. The van der Waals surface area contributed by atoms with E-state index in [4.69, 9.17) is 5.73 Å². The highest BCUT2D eigenvalue weighted by Gasteiger charge is 2.11. The summed E-state index contributed by atoms with van der Waals surface area (Å²) < 4.78 is 0. The van der Waals surface area contributed by atoms with E-state index >= 15 is 0 Å². The van der Waals surface area contributed by atoms with Gasteiger partial charge in [0, 0.05) is 6.42 Å². The summed E-state index contributed by atoms with van der Waals surface area (Å²) in [5, 5.41) is 0. The first kappa shape index (κ1) is 12.9. The lowest BCUT2D eigenvalue weighted by Gasteiger charge is -2.09. The van der Waals surface area contributed by atoms with E-state index in [2.05, 4.69) is 26.0 Å². The van der Waals surface area contributed by atoms with Gasteiger partial charge in [-0.05, 0) is 23.5 Å². The molecule has 0 aliphatic heterocycles. The third kappa shape index (κ3) is 3.46. The molecule has 0 bridgehead atoms. The minimum atomic E-state index is -0.315. The Kier molecular flexibility index (Phi) is 4.69. The van der Waals surface area contributed by atoms with Crippen molar-refractivity contribution in [3.05, 3.63) is 35.4 Å². The number of carbonyl (C=O) groups is 1. The highest BCUT2D eigenvalue weighted by atomic mass is 16.1. The monoisotopic (exact) mass is 219 g/mol. The normalized spacial score (nSPS) is 12.8. The summed E-state index contributed by atoms with van der Waals surface area (Å²) >= 11 is 0. The molecule has 0 saturated carbocycles. The number of rotatable bonds is 5. The van der Waals surface area contributed by atoms with Crippen LogP contribution in [0.2, 0.25) is 0 Å². The van der Waals surface area contributed by atoms with Crippen molar-refractivity contribution in [1.82, 2.24) is 0 Å². The second kappa shape index (κ2) is 5.80. The Hall–Kier alpha value is -1.15. The van der Waals surface area contributed by atoms with E-state index in [9.17, 15) is 4.79 Å². The number of ketones is 1. The summed E-state index contributed by atoms with van der Waals surface area (Å²) in [5.74, 6) is 0.655. The smallest absolute Gasteiger partial charge is 0.153 e. The summed E-state index contributed by atoms with van der Waals surface area (Å²) in [5.41, 5.74) is 8.05. The molecule has 0 saturated heterocycles. The maximum absolute atomic E-state index is 11.6. The molecule has 2 nitrogen and oxygen atoms in total. The number of nitrogens with two attached hydrogens (primary N) is 1. The molecule has 0 aliphatic rings. The van der Waals surface area contributed by atoms with Crippen LogP contribution in [0.4, 0.5) is 0 Å². The summed E-state index contributed by atoms with van der Waals surface area (Å²) in [4.78, 5) is 11.6. The highest BCUT2D eigenvalue weighted by Crippen LogP contribution is 2.15. The van der Waals surface area contributed by atoms with Crippen molar-refractivity contribution in [3.8, 4) is 0 Å². The van der Waals surface area contributed by atoms with Crippen molar-refractivity contribution in [3.63, 3.8) is 0 Å². The van der Waals surface area contributed by atoms with Gasteiger partial charge in [0.15, 0.2) is 5.78 Å². The lowest BCUT2D eigenvalue weighted by Crippen LogP contribution is -2.30. The molecule has 1 aromatic carbocycles. The van der Waals surface area contributed by atoms with Gasteiger partial charge in [-0.1, -0.05) is 45.0 Å². The molecule has 1 rings (SSSR count). The van der Waals surface area contributed by atoms with E-state index < -0.39 is 0 Å². The van der Waals surface area contributed by atoms with Crippen LogP contribution in [0.15, 0.2) is 24.3 Å². The second-order valence-electron chi connectivity index (χ2n) is 4.55. The first-order valence-corrected chi connectivity index (χ1v) is 5.91. The van der Waals surface area contributed by atoms with Gasteiger partial charge in [-0.25, -0.2) is 0 Å². The molecule has 2 heteroatoms. The lowest BCUT2D eigenvalue weighted by molar-refractivity contribution is -0.119. The molecular weight excluding hydrogens is 198 g/mol. The molecule has 0 radical (unpaired) electrons. The van der Waals surface area contributed by atoms with Gasteiger partial charge >= 0.3 is 0 Å². The van der Waals surface area contributed by atoms with Crippen molar-refractivity contribution >= 4 is 5.78 Å². The van der Waals surface area contributed by atoms with E-state index in [1.807, 2.05) is 19.1 Å². The zero-order chi connectivity index (χ0) is 12.1. The van der Waals surface area contributed by atoms with Gasteiger partial charge in [-0.15, -0.1) is 0 Å². The molecule has 2 N–H and O–H groups in total. The van der Waals surface area contributed by atoms with Crippen molar-refractivity contribution in [2.75, 3.05) is 0 Å². The summed E-state index contributed by atoms with van der Waals surface area (Å²) in [7, 11) is 0. The third-order valence-electron chi connectivity index (χ3n) is 2.88. The van der Waals surface area contributed by atoms with Gasteiger partial charge in [0.25, 0.3) is 0 Å². The van der Waals surface area contributed by atoms with E-state index in [-0.39, 0.29) is 11.8 Å². The van der Waals surface area contributed by atoms with Gasteiger partial charge in [0.05, 0.1) is 6.04 Å². The molecule has 0 fully saturated rings. The number of hydrogen-bond donors (Lipinski definition) is 1. The summed E-state index contributed by atoms with van der Waals surface area (Å²) in [6, 6.07) is 7.91. The van der Waals surface area contributed by atoms with Crippen LogP contribution in [0, 0.1) is 0 Å². The predicted octanol–water partition coefficient (Wildman–Crippen LogP) is 2.66. The Bertz CT molecular complexity index is 340. The minimum Gasteiger partial charge on any atom is -0.322 e. The summed E-state index contributed by atoms with van der Waals surface area (Å²) in [6.07, 6.45) is 1.16. The zero-order valence-electron chi connectivity index (χ0n) is 10.4. The van der Waals surface area contributed by atoms with Gasteiger partial charge < -0.3 is 5.73 Å². The molecule has 0 aromatic heterocycles. The number of hydrogen-bond acceptors (Lipinski definition) is 2. The Morgan fingerprint density at radius 1 is 1.25 bits per heavy atom. The fourth-order valence-electron chi connectivity index (χ4n) is 1.58. The highest BCUT2D eigenvalue weighted by molar-refractivity contribution is 5.85. The van der Waals surface area contributed by atoms with Gasteiger partial charge in [-0.3, -0.25) is 4.79 Å². The SMILES string of the molecule is CCC(N)C(=O)Cc1ccc(C(C)C)cc1. The van der Waals surface area contributed by atoms with Crippen molar-refractivity contribution in [2.24, 2.45) is 5.73 Å². The molecule has 0 aliphatic carbocycles. The first-order chi connectivity index (χ1) is 7.54. The van der Waals surface area contributed by atoms with Crippen molar-refractivity contribution in [2.45, 2.75) is 45.6 Å². The molecule has 1 atom stereocenters. The Morgan fingerprint density at radius 2 is 1.81 bits per heavy atom. The standard InChI is InChI=1S/C14H21NO/c1-4-13(15)14(16)9-11-5-7-12(8-6-11)10(2)3/h5-8,10,13H,4,9,15H2,1-3H3. The van der Waals surface area contributed by atoms with Crippen LogP contribution >= 0.6 is 0 Å². The van der Waals surface area contributed by atoms with Gasteiger partial charge in [0.2, 0.25) is 0 Å². The molecular formula is C14H21NO. The maximum atomic E-state index is 11.6. The third-order valence-corrected chi connectivity index (χ3v) is 2.88. The lowest BCUT2D eigenvalue weighted by atomic mass is 9.98. The van der Waals surface area contributed by atoms with Crippen molar-refractivity contribution in [1.29, 1.82) is 0 Å². The van der Waals surface area contributed by atoms with Crippen LogP contribution in [0.1, 0.15) is 44.2 Å². The van der Waals surface area contributed by atoms with Crippen LogP contribution in [0.3, 0.4) is 0 Å². The quantitative estimate of drug-likeness (QED) is 0.827. The van der Waals surface area contributed by atoms with E-state index in [0.717, 1.165) is 5.56 Å². The van der Waals surface area contributed by atoms with E-state index in [1.54, 1.807) is 0 Å². The molecule has 0 spiro atoms. The van der Waals surface area contributed by atoms with E-state index in [1.165, 1.54) is 5.56 Å². The minimum absolute atomic E-state index is 0.125. The Morgan fingerprint density at radius 3 is 2.25 bits per heavy atom. The average molecular weight is 219 g/mol.